The Bertz CT molecular complexity index is 2390. The third kappa shape index (κ3) is 4.17. The van der Waals surface area contributed by atoms with Gasteiger partial charge in [-0.25, -0.2) is 0 Å². The summed E-state index contributed by atoms with van der Waals surface area (Å²) in [7, 11) is 0. The lowest BCUT2D eigenvalue weighted by Crippen LogP contribution is -2.27. The second kappa shape index (κ2) is 11.4. The topological polar surface area (TPSA) is 21.7 Å². The van der Waals surface area contributed by atoms with E-state index in [1.165, 1.54) is 38.9 Å². The van der Waals surface area contributed by atoms with Crippen molar-refractivity contribution in [2.24, 2.45) is 0 Å². The molecule has 50 heavy (non-hydrogen) atoms. The van der Waals surface area contributed by atoms with Crippen LogP contribution < -0.4 is 14.4 Å². The number of fused-ring (bicyclic) bond motifs is 12. The molecule has 3 heteroatoms. The summed E-state index contributed by atoms with van der Waals surface area (Å²) in [6.45, 7) is 12.6. The maximum Gasteiger partial charge on any atom is 0.188 e. The van der Waals surface area contributed by atoms with Crippen LogP contribution in [-0.4, -0.2) is 0 Å². The van der Waals surface area contributed by atoms with Crippen LogP contribution in [0.2, 0.25) is 0 Å². The molecule has 2 aliphatic carbocycles. The number of benzene rings is 6. The first-order valence-corrected chi connectivity index (χ1v) is 17.0. The fourth-order valence-corrected chi connectivity index (χ4v) is 8.31. The summed E-state index contributed by atoms with van der Waals surface area (Å²) >= 11 is 0. The predicted molar refractivity (Wildman–Crippen MR) is 204 cm³/mol. The van der Waals surface area contributed by atoms with Gasteiger partial charge in [-0.2, -0.15) is 0 Å². The van der Waals surface area contributed by atoms with Gasteiger partial charge in [-0.3, -0.25) is 0 Å². The maximum atomic E-state index is 7.07. The zero-order valence-electron chi connectivity index (χ0n) is 28.1. The molecule has 0 fully saturated rings. The molecule has 1 spiro atoms. The fourth-order valence-electron chi connectivity index (χ4n) is 8.31. The van der Waals surface area contributed by atoms with Crippen LogP contribution >= 0.6 is 0 Å². The Labute approximate surface area is 293 Å². The Hall–Kier alpha value is -6.32. The van der Waals surface area contributed by atoms with Gasteiger partial charge < -0.3 is 14.4 Å². The lowest BCUT2D eigenvalue weighted by atomic mass is 9.70. The summed E-state index contributed by atoms with van der Waals surface area (Å²) in [5.74, 6) is 2.64. The van der Waals surface area contributed by atoms with E-state index in [4.69, 9.17) is 9.47 Å². The average molecular weight is 646 g/mol. The molecule has 0 atom stereocenters. The number of allylic oxidation sites excluding steroid dienone is 4. The van der Waals surface area contributed by atoms with Crippen LogP contribution in [0.25, 0.3) is 33.4 Å². The quantitative estimate of drug-likeness (QED) is 0.168. The van der Waals surface area contributed by atoms with E-state index in [1.807, 2.05) is 19.1 Å². The highest BCUT2D eigenvalue weighted by Gasteiger charge is 2.53. The zero-order valence-corrected chi connectivity index (χ0v) is 28.1. The van der Waals surface area contributed by atoms with Gasteiger partial charge in [0.25, 0.3) is 0 Å². The molecule has 0 amide bonds. The molecule has 0 N–H and O–H groups in total. The summed E-state index contributed by atoms with van der Waals surface area (Å²) < 4.78 is 13.7. The Kier molecular flexibility index (Phi) is 6.79. The largest absolute Gasteiger partial charge is 0.454 e. The number of ether oxygens (including phenoxy) is 2. The number of nitrogens with zero attached hydrogens (tertiary/aromatic N) is 1. The lowest BCUT2D eigenvalue weighted by molar-refractivity contribution is 0.302. The number of anilines is 1. The molecular weight excluding hydrogens is 611 g/mol. The van der Waals surface area contributed by atoms with Gasteiger partial charge in [-0.1, -0.05) is 141 Å². The molecule has 3 aliphatic rings. The van der Waals surface area contributed by atoms with Gasteiger partial charge >= 0.3 is 0 Å². The monoisotopic (exact) mass is 645 g/mol. The van der Waals surface area contributed by atoms with E-state index in [1.54, 1.807) is 6.08 Å². The molecule has 0 unspecified atom stereocenters. The van der Waals surface area contributed by atoms with Crippen LogP contribution in [-0.2, 0) is 5.41 Å². The van der Waals surface area contributed by atoms with Crippen LogP contribution in [0.4, 0.5) is 5.69 Å². The van der Waals surface area contributed by atoms with E-state index in [9.17, 15) is 0 Å². The first-order chi connectivity index (χ1) is 24.5. The third-order valence-corrected chi connectivity index (χ3v) is 10.3. The van der Waals surface area contributed by atoms with Gasteiger partial charge in [0, 0.05) is 16.9 Å². The zero-order chi connectivity index (χ0) is 34.0. The summed E-state index contributed by atoms with van der Waals surface area (Å²) in [6.07, 6.45) is 3.78. The van der Waals surface area contributed by atoms with Crippen molar-refractivity contribution in [3.05, 3.63) is 210 Å². The molecule has 0 saturated heterocycles. The summed E-state index contributed by atoms with van der Waals surface area (Å²) in [5.41, 5.74) is 14.2. The molecule has 3 nitrogen and oxygen atoms in total. The fraction of sp³-hybridized carbons (Fsp3) is 0.0638. The molecule has 0 radical (unpaired) electrons. The first-order valence-electron chi connectivity index (χ1n) is 17.0. The molecule has 6 aromatic carbocycles. The molecule has 0 aromatic heterocycles. The third-order valence-electron chi connectivity index (χ3n) is 10.3. The van der Waals surface area contributed by atoms with Crippen LogP contribution in [0.1, 0.15) is 36.1 Å². The number of rotatable bonds is 6. The Morgan fingerprint density at radius 1 is 0.620 bits per heavy atom. The standard InChI is InChI=1S/C47H35NO2/c1-5-15-30(2)48(35-26-24-34(25-27-35)33-16-7-6-8-17-33)31(3)45-32(4)49-43-29-28-42-44(46(43)50-45)38-20-11-14-23-41(38)47(42)39-21-12-9-18-36(39)37-19-10-13-22-40(37)47/h5-29H,1,3H2,2,4H3/b30-15+. The van der Waals surface area contributed by atoms with E-state index in [0.29, 0.717) is 28.7 Å². The van der Waals surface area contributed by atoms with Crippen LogP contribution in [0.15, 0.2) is 188 Å². The van der Waals surface area contributed by atoms with Crippen LogP contribution in [0, 0.1) is 0 Å². The van der Waals surface area contributed by atoms with Crippen molar-refractivity contribution < 1.29 is 9.47 Å². The highest BCUT2D eigenvalue weighted by atomic mass is 16.6. The van der Waals surface area contributed by atoms with Crippen molar-refractivity contribution >= 4 is 5.69 Å². The predicted octanol–water partition coefficient (Wildman–Crippen LogP) is 11.8. The van der Waals surface area contributed by atoms with Gasteiger partial charge in [-0.15, -0.1) is 0 Å². The molecule has 0 bridgehead atoms. The second-order valence-corrected chi connectivity index (χ2v) is 13.0. The maximum absolute atomic E-state index is 7.07. The minimum atomic E-state index is -0.472. The SMILES string of the molecule is C=C/C=C(\C)N(C(=C)C1=C(C)Oc2ccc3c(c2O1)-c1ccccc1C31c2ccccc2-c2ccccc21)c1ccc(-c2ccccc2)cc1. The minimum absolute atomic E-state index is 0.472. The molecule has 1 aliphatic heterocycles. The van der Waals surface area contributed by atoms with E-state index in [2.05, 4.69) is 158 Å². The normalized spacial score (nSPS) is 14.5. The van der Waals surface area contributed by atoms with Crippen molar-refractivity contribution in [1.82, 2.24) is 0 Å². The van der Waals surface area contributed by atoms with E-state index in [0.717, 1.165) is 28.1 Å². The first kappa shape index (κ1) is 29.8. The van der Waals surface area contributed by atoms with Crippen molar-refractivity contribution in [3.63, 3.8) is 0 Å². The Morgan fingerprint density at radius 3 is 1.82 bits per heavy atom. The second-order valence-electron chi connectivity index (χ2n) is 13.0. The van der Waals surface area contributed by atoms with Crippen molar-refractivity contribution in [1.29, 1.82) is 0 Å². The molecule has 1 heterocycles. The smallest absolute Gasteiger partial charge is 0.188 e. The summed E-state index contributed by atoms with van der Waals surface area (Å²) in [4.78, 5) is 2.10. The Morgan fingerprint density at radius 2 is 1.18 bits per heavy atom. The van der Waals surface area contributed by atoms with Gasteiger partial charge in [0.1, 0.15) is 5.76 Å². The molecule has 6 aromatic rings. The van der Waals surface area contributed by atoms with Crippen LogP contribution in [0.5, 0.6) is 11.5 Å². The highest BCUT2D eigenvalue weighted by molar-refractivity contribution is 5.97. The van der Waals surface area contributed by atoms with Crippen LogP contribution in [0.3, 0.4) is 0 Å². The van der Waals surface area contributed by atoms with Crippen molar-refractivity contribution in [2.45, 2.75) is 19.3 Å². The van der Waals surface area contributed by atoms with E-state index < -0.39 is 5.41 Å². The molecule has 0 saturated carbocycles. The van der Waals surface area contributed by atoms with Gasteiger partial charge in [0.05, 0.1) is 11.1 Å². The molecular formula is C47H35NO2. The molecule has 240 valence electrons. The van der Waals surface area contributed by atoms with Gasteiger partial charge in [0.2, 0.25) is 0 Å². The Balaban J connectivity index is 1.18. The highest BCUT2D eigenvalue weighted by Crippen LogP contribution is 2.65. The average Bonchev–Trinajstić information content (AvgIpc) is 3.63. The van der Waals surface area contributed by atoms with Gasteiger partial charge in [-0.05, 0) is 88.2 Å². The molecule has 9 rings (SSSR count). The lowest BCUT2D eigenvalue weighted by Gasteiger charge is -2.33. The summed E-state index contributed by atoms with van der Waals surface area (Å²) in [6, 6.07) is 49.6. The van der Waals surface area contributed by atoms with E-state index in [-0.39, 0.29) is 0 Å². The number of hydrogen-bond donors (Lipinski definition) is 0. The van der Waals surface area contributed by atoms with Crippen molar-refractivity contribution in [3.8, 4) is 44.9 Å². The minimum Gasteiger partial charge on any atom is -0.454 e. The number of hydrogen-bond acceptors (Lipinski definition) is 3. The van der Waals surface area contributed by atoms with Crippen molar-refractivity contribution in [2.75, 3.05) is 4.90 Å². The van der Waals surface area contributed by atoms with Gasteiger partial charge in [0.15, 0.2) is 17.3 Å². The van der Waals surface area contributed by atoms with E-state index >= 15 is 0 Å². The summed E-state index contributed by atoms with van der Waals surface area (Å²) in [5, 5.41) is 0.